The summed E-state index contributed by atoms with van der Waals surface area (Å²) < 4.78 is 16.1. The summed E-state index contributed by atoms with van der Waals surface area (Å²) in [5, 5.41) is 13.2. The van der Waals surface area contributed by atoms with Gasteiger partial charge >= 0.3 is 0 Å². The highest BCUT2D eigenvalue weighted by Crippen LogP contribution is 2.35. The van der Waals surface area contributed by atoms with Gasteiger partial charge < -0.3 is 24.5 Å². The van der Waals surface area contributed by atoms with Crippen LogP contribution in [0.5, 0.6) is 11.5 Å². The number of rotatable bonds is 7. The van der Waals surface area contributed by atoms with Gasteiger partial charge in [-0.05, 0) is 25.1 Å². The number of fused-ring (bicyclic) bond motifs is 1. The van der Waals surface area contributed by atoms with Gasteiger partial charge in [-0.25, -0.2) is 0 Å². The zero-order chi connectivity index (χ0) is 17.6. The first-order valence-corrected chi connectivity index (χ1v) is 8.54. The third-order valence-corrected chi connectivity index (χ3v) is 3.99. The van der Waals surface area contributed by atoms with Crippen molar-refractivity contribution in [3.63, 3.8) is 0 Å². The predicted molar refractivity (Wildman–Crippen MR) is 88.3 cm³/mol. The second-order valence-corrected chi connectivity index (χ2v) is 5.89. The molecule has 0 atom stereocenters. The molecular formula is C15H16N4O5S. The number of nitrogens with one attached hydrogen (secondary N) is 2. The molecule has 1 aliphatic heterocycles. The number of hydrogen-bond donors (Lipinski definition) is 2. The van der Waals surface area contributed by atoms with E-state index in [1.165, 1.54) is 0 Å². The summed E-state index contributed by atoms with van der Waals surface area (Å²) in [7, 11) is 0. The Kier molecular flexibility index (Phi) is 5.39. The number of benzene rings is 1. The lowest BCUT2D eigenvalue weighted by Crippen LogP contribution is -2.37. The summed E-state index contributed by atoms with van der Waals surface area (Å²) >= 11 is 1.09. The molecule has 25 heavy (non-hydrogen) atoms. The average Bonchev–Trinajstić information content (AvgIpc) is 3.26. The van der Waals surface area contributed by atoms with Crippen molar-refractivity contribution < 1.29 is 23.5 Å². The molecule has 0 bridgehead atoms. The van der Waals surface area contributed by atoms with Gasteiger partial charge in [0.05, 0.1) is 12.3 Å². The fraction of sp³-hybridized carbons (Fsp3) is 0.333. The van der Waals surface area contributed by atoms with Crippen LogP contribution in [0.4, 0.5) is 0 Å². The maximum Gasteiger partial charge on any atom is 0.277 e. The molecule has 132 valence electrons. The highest BCUT2D eigenvalue weighted by molar-refractivity contribution is 7.99. The number of thioether (sulfide) groups is 1. The van der Waals surface area contributed by atoms with Crippen molar-refractivity contribution in [3.05, 3.63) is 18.2 Å². The Balaban J connectivity index is 1.52. The van der Waals surface area contributed by atoms with Crippen molar-refractivity contribution in [2.24, 2.45) is 0 Å². The molecule has 0 fully saturated rings. The van der Waals surface area contributed by atoms with Crippen LogP contribution in [0.15, 0.2) is 27.8 Å². The fourth-order valence-electron chi connectivity index (χ4n) is 2.03. The van der Waals surface area contributed by atoms with Gasteiger partial charge in [-0.1, -0.05) is 11.8 Å². The van der Waals surface area contributed by atoms with Crippen molar-refractivity contribution in [1.82, 2.24) is 20.8 Å². The molecule has 2 amide bonds. The Bertz CT molecular complexity index is 779. The normalized spacial score (nSPS) is 12.0. The number of carbonyl (C=O) groups excluding carboxylic acids is 2. The Morgan fingerprint density at radius 3 is 2.84 bits per heavy atom. The van der Waals surface area contributed by atoms with Crippen LogP contribution in [0, 0.1) is 0 Å². The minimum atomic E-state index is -0.293. The van der Waals surface area contributed by atoms with Gasteiger partial charge in [-0.2, -0.15) is 0 Å². The van der Waals surface area contributed by atoms with E-state index in [0.29, 0.717) is 29.5 Å². The van der Waals surface area contributed by atoms with Crippen LogP contribution in [-0.4, -0.2) is 47.6 Å². The quantitative estimate of drug-likeness (QED) is 0.694. The molecular weight excluding hydrogens is 348 g/mol. The van der Waals surface area contributed by atoms with Gasteiger partial charge in [0.25, 0.3) is 5.22 Å². The zero-order valence-electron chi connectivity index (χ0n) is 13.4. The highest BCUT2D eigenvalue weighted by atomic mass is 32.2. The summed E-state index contributed by atoms with van der Waals surface area (Å²) in [6, 6.07) is 5.31. The van der Waals surface area contributed by atoms with Gasteiger partial charge in [-0.3, -0.25) is 9.59 Å². The third-order valence-electron chi connectivity index (χ3n) is 3.17. The second-order valence-electron chi connectivity index (χ2n) is 4.96. The first-order valence-electron chi connectivity index (χ1n) is 7.55. The molecule has 0 radical (unpaired) electrons. The molecule has 0 unspecified atom stereocenters. The van der Waals surface area contributed by atoms with Crippen molar-refractivity contribution in [2.75, 3.05) is 25.6 Å². The predicted octanol–water partition coefficient (Wildman–Crippen LogP) is 0.810. The molecule has 10 heteroatoms. The summed E-state index contributed by atoms with van der Waals surface area (Å²) in [4.78, 5) is 23.0. The number of aromatic nitrogens is 2. The largest absolute Gasteiger partial charge is 0.454 e. The lowest BCUT2D eigenvalue weighted by molar-refractivity contribution is -0.124. The van der Waals surface area contributed by atoms with Crippen molar-refractivity contribution in [3.8, 4) is 23.0 Å². The van der Waals surface area contributed by atoms with E-state index < -0.39 is 0 Å². The molecule has 1 aromatic carbocycles. The smallest absolute Gasteiger partial charge is 0.277 e. The van der Waals surface area contributed by atoms with Crippen molar-refractivity contribution >= 4 is 23.6 Å². The van der Waals surface area contributed by atoms with E-state index in [0.717, 1.165) is 11.8 Å². The molecule has 0 spiro atoms. The van der Waals surface area contributed by atoms with E-state index in [4.69, 9.17) is 13.9 Å². The van der Waals surface area contributed by atoms with Crippen LogP contribution in [0.2, 0.25) is 0 Å². The molecule has 2 heterocycles. The van der Waals surface area contributed by atoms with Crippen molar-refractivity contribution in [1.29, 1.82) is 0 Å². The van der Waals surface area contributed by atoms with Crippen LogP contribution < -0.4 is 20.1 Å². The first kappa shape index (κ1) is 17.1. The minimum Gasteiger partial charge on any atom is -0.454 e. The van der Waals surface area contributed by atoms with Gasteiger partial charge in [0.15, 0.2) is 11.5 Å². The molecule has 3 rings (SSSR count). The molecule has 2 aromatic rings. The minimum absolute atomic E-state index is 0.0560. The molecule has 0 aliphatic carbocycles. The van der Waals surface area contributed by atoms with E-state index in [1.807, 2.05) is 6.92 Å². The summed E-state index contributed by atoms with van der Waals surface area (Å²) in [6.45, 7) is 2.46. The lowest BCUT2D eigenvalue weighted by Gasteiger charge is -2.03. The van der Waals surface area contributed by atoms with Gasteiger partial charge in [0.1, 0.15) is 0 Å². The third kappa shape index (κ3) is 4.41. The Morgan fingerprint density at radius 1 is 1.16 bits per heavy atom. The SMILES string of the molecule is CCNC(=O)CNC(=O)CSc1nnc(-c2ccc3c(c2)OCO3)o1. The summed E-state index contributed by atoms with van der Waals surface area (Å²) in [5.41, 5.74) is 0.698. The summed E-state index contributed by atoms with van der Waals surface area (Å²) in [6.07, 6.45) is 0. The lowest BCUT2D eigenvalue weighted by atomic mass is 10.2. The van der Waals surface area contributed by atoms with Crippen LogP contribution in [0.1, 0.15) is 6.92 Å². The molecule has 2 N–H and O–H groups in total. The average molecular weight is 364 g/mol. The van der Waals surface area contributed by atoms with Crippen LogP contribution in [-0.2, 0) is 9.59 Å². The van der Waals surface area contributed by atoms with Crippen molar-refractivity contribution in [2.45, 2.75) is 12.1 Å². The number of amides is 2. The maximum atomic E-state index is 11.7. The number of ether oxygens (including phenoxy) is 2. The first-order chi connectivity index (χ1) is 12.2. The standard InChI is InChI=1S/C15H16N4O5S/c1-2-16-12(20)6-17-13(21)7-25-15-19-18-14(24-15)9-3-4-10-11(5-9)23-8-22-10/h3-5H,2,6-8H2,1H3,(H,16,20)(H,17,21). The maximum absolute atomic E-state index is 11.7. The highest BCUT2D eigenvalue weighted by Gasteiger charge is 2.17. The van der Waals surface area contributed by atoms with Crippen LogP contribution in [0.25, 0.3) is 11.5 Å². The number of carbonyl (C=O) groups is 2. The molecule has 9 nitrogen and oxygen atoms in total. The second kappa shape index (κ2) is 7.88. The van der Waals surface area contributed by atoms with E-state index in [2.05, 4.69) is 20.8 Å². The van der Waals surface area contributed by atoms with E-state index in [1.54, 1.807) is 18.2 Å². The Hall–Kier alpha value is -2.75. The number of likely N-dealkylation sites (N-methyl/N-ethyl adjacent to an activating group) is 1. The van der Waals surface area contributed by atoms with Crippen LogP contribution in [0.3, 0.4) is 0 Å². The van der Waals surface area contributed by atoms with Gasteiger partial charge in [-0.15, -0.1) is 10.2 Å². The molecule has 1 aromatic heterocycles. The monoisotopic (exact) mass is 364 g/mol. The summed E-state index contributed by atoms with van der Waals surface area (Å²) in [5.74, 6) is 1.16. The Morgan fingerprint density at radius 2 is 2.00 bits per heavy atom. The van der Waals surface area contributed by atoms with E-state index in [-0.39, 0.29) is 36.1 Å². The molecule has 0 saturated heterocycles. The topological polar surface area (TPSA) is 116 Å². The molecule has 0 saturated carbocycles. The van der Waals surface area contributed by atoms with Gasteiger partial charge in [0, 0.05) is 12.1 Å². The number of nitrogens with zero attached hydrogens (tertiary/aromatic N) is 2. The van der Waals surface area contributed by atoms with E-state index >= 15 is 0 Å². The van der Waals surface area contributed by atoms with E-state index in [9.17, 15) is 9.59 Å². The number of hydrogen-bond acceptors (Lipinski definition) is 8. The van der Waals surface area contributed by atoms with Crippen LogP contribution >= 0.6 is 11.8 Å². The van der Waals surface area contributed by atoms with Gasteiger partial charge in [0.2, 0.25) is 24.5 Å². The zero-order valence-corrected chi connectivity index (χ0v) is 14.2. The Labute approximate surface area is 147 Å². The molecule has 1 aliphatic rings. The fourth-order valence-corrected chi connectivity index (χ4v) is 2.62.